The summed E-state index contributed by atoms with van der Waals surface area (Å²) in [6.07, 6.45) is -1.87. The molecule has 3 N–H and O–H groups in total. The summed E-state index contributed by atoms with van der Waals surface area (Å²) in [7, 11) is 0. The van der Waals surface area contributed by atoms with Crippen molar-refractivity contribution in [1.82, 2.24) is 4.98 Å². The minimum Gasteiger partial charge on any atom is -0.365 e. The number of aromatic amines is 1. The van der Waals surface area contributed by atoms with Gasteiger partial charge in [-0.2, -0.15) is 0 Å². The van der Waals surface area contributed by atoms with Crippen LogP contribution in [-0.4, -0.2) is 10.9 Å². The molecule has 6 heteroatoms. The van der Waals surface area contributed by atoms with Gasteiger partial charge in [0.2, 0.25) is 0 Å². The first kappa shape index (κ1) is 10.4. The minimum absolute atomic E-state index is 0.184. The van der Waals surface area contributed by atoms with Gasteiger partial charge in [0.25, 0.3) is 12.3 Å². The van der Waals surface area contributed by atoms with E-state index in [-0.39, 0.29) is 11.1 Å². The summed E-state index contributed by atoms with van der Waals surface area (Å²) in [4.78, 5) is 24.1. The van der Waals surface area contributed by atoms with Crippen LogP contribution in [0.25, 0.3) is 0 Å². The van der Waals surface area contributed by atoms with Gasteiger partial charge in [0.15, 0.2) is 5.43 Å². The largest absolute Gasteiger partial charge is 0.365 e. The summed E-state index contributed by atoms with van der Waals surface area (Å²) in [6.45, 7) is 1.22. The summed E-state index contributed by atoms with van der Waals surface area (Å²) >= 11 is 0. The van der Waals surface area contributed by atoms with Gasteiger partial charge in [0, 0.05) is 11.8 Å². The quantitative estimate of drug-likeness (QED) is 0.741. The van der Waals surface area contributed by atoms with E-state index in [0.29, 0.717) is 0 Å². The van der Waals surface area contributed by atoms with Gasteiger partial charge in [0.1, 0.15) is 5.56 Å². The van der Waals surface area contributed by atoms with Gasteiger partial charge in [-0.05, 0) is 6.92 Å². The van der Waals surface area contributed by atoms with E-state index in [0.717, 1.165) is 6.20 Å². The number of aromatic nitrogens is 1. The molecule has 0 radical (unpaired) electrons. The van der Waals surface area contributed by atoms with Crippen LogP contribution in [0.15, 0.2) is 11.0 Å². The molecule has 1 rings (SSSR count). The fourth-order valence-corrected chi connectivity index (χ4v) is 1.06. The zero-order chi connectivity index (χ0) is 10.9. The Morgan fingerprint density at radius 3 is 2.57 bits per heavy atom. The number of halogens is 2. The van der Waals surface area contributed by atoms with Crippen LogP contribution in [0.5, 0.6) is 0 Å². The van der Waals surface area contributed by atoms with E-state index in [1.807, 2.05) is 0 Å². The topological polar surface area (TPSA) is 76.0 Å². The molecule has 0 aliphatic heterocycles. The van der Waals surface area contributed by atoms with Crippen LogP contribution in [0, 0.1) is 6.92 Å². The molecule has 4 nitrogen and oxygen atoms in total. The van der Waals surface area contributed by atoms with Crippen LogP contribution in [0.4, 0.5) is 8.78 Å². The maximum atomic E-state index is 12.3. The number of nitrogens with two attached hydrogens (primary N) is 1. The van der Waals surface area contributed by atoms with Crippen molar-refractivity contribution in [2.75, 3.05) is 0 Å². The van der Waals surface area contributed by atoms with Gasteiger partial charge in [0.05, 0.1) is 5.69 Å². The Labute approximate surface area is 77.7 Å². The highest BCUT2D eigenvalue weighted by molar-refractivity contribution is 5.92. The lowest BCUT2D eigenvalue weighted by molar-refractivity contribution is 0.0997. The number of rotatable bonds is 2. The van der Waals surface area contributed by atoms with Gasteiger partial charge < -0.3 is 10.7 Å². The second-order valence-electron chi connectivity index (χ2n) is 2.74. The van der Waals surface area contributed by atoms with Crippen molar-refractivity contribution in [3.05, 3.63) is 33.2 Å². The van der Waals surface area contributed by atoms with Crippen LogP contribution in [0.3, 0.4) is 0 Å². The van der Waals surface area contributed by atoms with E-state index < -0.39 is 23.5 Å². The van der Waals surface area contributed by atoms with E-state index >= 15 is 0 Å². The molecule has 1 heterocycles. The summed E-state index contributed by atoms with van der Waals surface area (Å²) in [5.41, 5.74) is 3.12. The Hall–Kier alpha value is -1.72. The summed E-state index contributed by atoms with van der Waals surface area (Å²) in [5.74, 6) is -0.935. The lowest BCUT2D eigenvalue weighted by Crippen LogP contribution is -2.24. The average molecular weight is 202 g/mol. The lowest BCUT2D eigenvalue weighted by Gasteiger charge is -2.04. The van der Waals surface area contributed by atoms with Crippen LogP contribution < -0.4 is 11.2 Å². The monoisotopic (exact) mass is 202 g/mol. The highest BCUT2D eigenvalue weighted by Gasteiger charge is 2.17. The number of amides is 1. The SMILES string of the molecule is Cc1c(C(F)F)[nH]cc(C(N)=O)c1=O. The molecule has 14 heavy (non-hydrogen) atoms. The Morgan fingerprint density at radius 1 is 1.57 bits per heavy atom. The van der Waals surface area contributed by atoms with Crippen molar-refractivity contribution >= 4 is 5.91 Å². The average Bonchev–Trinajstić information content (AvgIpc) is 2.08. The maximum absolute atomic E-state index is 12.3. The van der Waals surface area contributed by atoms with Crippen LogP contribution >= 0.6 is 0 Å². The number of alkyl halides is 2. The van der Waals surface area contributed by atoms with Crippen molar-refractivity contribution in [2.24, 2.45) is 5.73 Å². The summed E-state index contributed by atoms with van der Waals surface area (Å²) < 4.78 is 24.5. The predicted octanol–water partition coefficient (Wildman–Crippen LogP) is 0.720. The lowest BCUT2D eigenvalue weighted by atomic mass is 10.1. The first-order chi connectivity index (χ1) is 6.45. The van der Waals surface area contributed by atoms with E-state index in [1.54, 1.807) is 0 Å². The Kier molecular flexibility index (Phi) is 2.64. The second-order valence-corrected chi connectivity index (χ2v) is 2.74. The number of carbonyl (C=O) groups is 1. The molecule has 0 aliphatic rings. The number of hydrogen-bond donors (Lipinski definition) is 2. The van der Waals surface area contributed by atoms with E-state index in [4.69, 9.17) is 5.73 Å². The minimum atomic E-state index is -2.77. The third-order valence-corrected chi connectivity index (χ3v) is 1.84. The zero-order valence-corrected chi connectivity index (χ0v) is 7.30. The number of pyridine rings is 1. The number of H-pyrrole nitrogens is 1. The summed E-state index contributed by atoms with van der Waals surface area (Å²) in [6, 6.07) is 0. The standard InChI is InChI=1S/C8H8F2N2O2/c1-3-5(7(9)10)12-2-4(6(3)13)8(11)14/h2,7H,1H3,(H2,11,14)(H,12,13). The number of primary amides is 1. The summed E-state index contributed by atoms with van der Waals surface area (Å²) in [5, 5.41) is 0. The molecular weight excluding hydrogens is 194 g/mol. The molecule has 0 aromatic carbocycles. The molecule has 1 aromatic rings. The van der Waals surface area contributed by atoms with Crippen molar-refractivity contribution in [3.8, 4) is 0 Å². The maximum Gasteiger partial charge on any atom is 0.278 e. The fraction of sp³-hybridized carbons (Fsp3) is 0.250. The molecule has 0 bridgehead atoms. The third-order valence-electron chi connectivity index (χ3n) is 1.84. The molecule has 76 valence electrons. The molecule has 1 amide bonds. The zero-order valence-electron chi connectivity index (χ0n) is 7.30. The number of carbonyl (C=O) groups excluding carboxylic acids is 1. The van der Waals surface area contributed by atoms with Gasteiger partial charge in [-0.25, -0.2) is 8.78 Å². The predicted molar refractivity (Wildman–Crippen MR) is 45.3 cm³/mol. The molecule has 0 saturated carbocycles. The second kappa shape index (κ2) is 3.57. The first-order valence-electron chi connectivity index (χ1n) is 3.75. The van der Waals surface area contributed by atoms with Gasteiger partial charge in [-0.3, -0.25) is 9.59 Å². The molecule has 1 aromatic heterocycles. The van der Waals surface area contributed by atoms with Crippen LogP contribution in [0.1, 0.15) is 28.0 Å². The van der Waals surface area contributed by atoms with Crippen molar-refractivity contribution in [1.29, 1.82) is 0 Å². The fourth-order valence-electron chi connectivity index (χ4n) is 1.06. The van der Waals surface area contributed by atoms with Crippen molar-refractivity contribution in [3.63, 3.8) is 0 Å². The van der Waals surface area contributed by atoms with Crippen molar-refractivity contribution < 1.29 is 13.6 Å². The van der Waals surface area contributed by atoms with E-state index in [1.165, 1.54) is 6.92 Å². The van der Waals surface area contributed by atoms with Crippen LogP contribution in [0.2, 0.25) is 0 Å². The van der Waals surface area contributed by atoms with E-state index in [2.05, 4.69) is 4.98 Å². The smallest absolute Gasteiger partial charge is 0.278 e. The molecule has 0 spiro atoms. The molecule has 0 aliphatic carbocycles. The van der Waals surface area contributed by atoms with Crippen LogP contribution in [-0.2, 0) is 0 Å². The molecule has 0 fully saturated rings. The molecule has 0 unspecified atom stereocenters. The third kappa shape index (κ3) is 1.63. The Bertz CT molecular complexity index is 426. The van der Waals surface area contributed by atoms with Gasteiger partial charge in [-0.15, -0.1) is 0 Å². The van der Waals surface area contributed by atoms with Gasteiger partial charge in [-0.1, -0.05) is 0 Å². The molecule has 0 atom stereocenters. The molecular formula is C8H8F2N2O2. The Morgan fingerprint density at radius 2 is 2.14 bits per heavy atom. The van der Waals surface area contributed by atoms with Gasteiger partial charge >= 0.3 is 0 Å². The first-order valence-corrected chi connectivity index (χ1v) is 3.75. The highest BCUT2D eigenvalue weighted by atomic mass is 19.3. The Balaban J connectivity index is 3.42. The number of hydrogen-bond acceptors (Lipinski definition) is 2. The highest BCUT2D eigenvalue weighted by Crippen LogP contribution is 2.17. The number of nitrogens with one attached hydrogen (secondary N) is 1. The molecule has 0 saturated heterocycles. The normalized spacial score (nSPS) is 10.6. The van der Waals surface area contributed by atoms with E-state index in [9.17, 15) is 18.4 Å². The van der Waals surface area contributed by atoms with Crippen molar-refractivity contribution in [2.45, 2.75) is 13.3 Å².